The molecule has 1 rings (SSSR count). The van der Waals surface area contributed by atoms with Crippen LogP contribution in [0.3, 0.4) is 0 Å². The molecule has 0 aromatic rings. The minimum atomic E-state index is -0.0562. The maximum absolute atomic E-state index is 5.81. The van der Waals surface area contributed by atoms with Crippen LogP contribution in [-0.4, -0.2) is 19.0 Å². The topological polar surface area (TPSA) is 18.5 Å². The molecule has 0 aliphatic carbocycles. The molecule has 104 valence electrons. The summed E-state index contributed by atoms with van der Waals surface area (Å²) in [5.74, 6) is 2.75. The summed E-state index contributed by atoms with van der Waals surface area (Å²) in [6, 6.07) is 0. The minimum absolute atomic E-state index is 0.0557. The zero-order valence-electron chi connectivity index (χ0n) is 11.8. The van der Waals surface area contributed by atoms with Crippen LogP contribution in [0.1, 0.15) is 71.1 Å². The lowest BCUT2D eigenvalue weighted by atomic mass is 10.1. The molecule has 0 aromatic heterocycles. The van der Waals surface area contributed by atoms with Crippen molar-refractivity contribution >= 4 is 0 Å². The Balaban J connectivity index is 2.04. The van der Waals surface area contributed by atoms with Gasteiger partial charge in [-0.05, 0) is 32.1 Å². The highest BCUT2D eigenvalue weighted by Gasteiger charge is 2.18. The summed E-state index contributed by atoms with van der Waals surface area (Å²) >= 11 is 0. The number of terminal acetylenes is 1. The van der Waals surface area contributed by atoms with Gasteiger partial charge in [-0.25, -0.2) is 0 Å². The number of rotatable bonds is 9. The lowest BCUT2D eigenvalue weighted by Gasteiger charge is -2.25. The van der Waals surface area contributed by atoms with E-state index in [4.69, 9.17) is 15.9 Å². The Kier molecular flexibility index (Phi) is 8.98. The van der Waals surface area contributed by atoms with Crippen LogP contribution < -0.4 is 0 Å². The average molecular weight is 252 g/mol. The molecule has 0 spiro atoms. The van der Waals surface area contributed by atoms with Crippen LogP contribution in [0.15, 0.2) is 0 Å². The average Bonchev–Trinajstić information content (AvgIpc) is 2.42. The third-order valence-electron chi connectivity index (χ3n) is 3.46. The first-order chi connectivity index (χ1) is 8.86. The monoisotopic (exact) mass is 252 g/mol. The van der Waals surface area contributed by atoms with Crippen molar-refractivity contribution in [3.63, 3.8) is 0 Å². The van der Waals surface area contributed by atoms with Gasteiger partial charge in [0, 0.05) is 6.61 Å². The smallest absolute Gasteiger partial charge is 0.159 e. The van der Waals surface area contributed by atoms with Gasteiger partial charge in [0.15, 0.2) is 6.29 Å². The SMILES string of the molecule is C#CC(CCCCCCCC)OC1CCCCO1. The zero-order chi connectivity index (χ0) is 13.1. The van der Waals surface area contributed by atoms with E-state index in [1.54, 1.807) is 0 Å². The van der Waals surface area contributed by atoms with Gasteiger partial charge >= 0.3 is 0 Å². The summed E-state index contributed by atoms with van der Waals surface area (Å²) in [6.45, 7) is 3.06. The van der Waals surface area contributed by atoms with Gasteiger partial charge in [-0.1, -0.05) is 44.9 Å². The third-order valence-corrected chi connectivity index (χ3v) is 3.46. The van der Waals surface area contributed by atoms with E-state index in [-0.39, 0.29) is 12.4 Å². The standard InChI is InChI=1S/C16H28O2/c1-3-5-6-7-8-9-12-15(4-2)18-16-13-10-11-14-17-16/h2,15-16H,3,5-14H2,1H3. The van der Waals surface area contributed by atoms with Crippen molar-refractivity contribution in [3.8, 4) is 12.3 Å². The van der Waals surface area contributed by atoms with E-state index in [9.17, 15) is 0 Å². The van der Waals surface area contributed by atoms with E-state index in [1.807, 2.05) is 0 Å². The summed E-state index contributed by atoms with van der Waals surface area (Å²) in [6.07, 6.45) is 17.5. The molecule has 1 aliphatic rings. The summed E-state index contributed by atoms with van der Waals surface area (Å²) in [5.41, 5.74) is 0. The number of hydrogen-bond donors (Lipinski definition) is 0. The van der Waals surface area contributed by atoms with Crippen molar-refractivity contribution in [1.29, 1.82) is 0 Å². The van der Waals surface area contributed by atoms with Crippen molar-refractivity contribution in [2.75, 3.05) is 6.61 Å². The molecule has 1 saturated heterocycles. The van der Waals surface area contributed by atoms with Crippen molar-refractivity contribution in [2.24, 2.45) is 0 Å². The largest absolute Gasteiger partial charge is 0.353 e. The highest BCUT2D eigenvalue weighted by molar-refractivity contribution is 4.94. The molecule has 0 N–H and O–H groups in total. The Hall–Kier alpha value is -0.520. The first kappa shape index (κ1) is 15.5. The zero-order valence-corrected chi connectivity index (χ0v) is 11.8. The van der Waals surface area contributed by atoms with Crippen molar-refractivity contribution in [2.45, 2.75) is 83.5 Å². The van der Waals surface area contributed by atoms with Crippen LogP contribution in [0.25, 0.3) is 0 Å². The number of hydrogen-bond acceptors (Lipinski definition) is 2. The van der Waals surface area contributed by atoms with Gasteiger partial charge in [-0.2, -0.15) is 0 Å². The van der Waals surface area contributed by atoms with E-state index >= 15 is 0 Å². The molecular weight excluding hydrogens is 224 g/mol. The summed E-state index contributed by atoms with van der Waals surface area (Å²) in [5, 5.41) is 0. The summed E-state index contributed by atoms with van der Waals surface area (Å²) in [7, 11) is 0. The molecule has 2 unspecified atom stereocenters. The molecule has 1 heterocycles. The molecule has 2 heteroatoms. The molecule has 1 aliphatic heterocycles. The van der Waals surface area contributed by atoms with Crippen LogP contribution in [-0.2, 0) is 9.47 Å². The lowest BCUT2D eigenvalue weighted by Crippen LogP contribution is -2.27. The molecule has 0 radical (unpaired) electrons. The predicted octanol–water partition coefficient (Wildman–Crippen LogP) is 4.28. The Morgan fingerprint density at radius 1 is 1.22 bits per heavy atom. The second-order valence-electron chi connectivity index (χ2n) is 5.14. The first-order valence-corrected chi connectivity index (χ1v) is 7.60. The van der Waals surface area contributed by atoms with Gasteiger partial charge in [0.25, 0.3) is 0 Å². The molecule has 2 atom stereocenters. The van der Waals surface area contributed by atoms with E-state index in [0.717, 1.165) is 25.9 Å². The highest BCUT2D eigenvalue weighted by atomic mass is 16.7. The van der Waals surface area contributed by atoms with E-state index in [0.29, 0.717) is 0 Å². The normalized spacial score (nSPS) is 21.4. The second-order valence-corrected chi connectivity index (χ2v) is 5.14. The Morgan fingerprint density at radius 2 is 2.00 bits per heavy atom. The third kappa shape index (κ3) is 7.03. The minimum Gasteiger partial charge on any atom is -0.353 e. The maximum Gasteiger partial charge on any atom is 0.159 e. The predicted molar refractivity (Wildman–Crippen MR) is 75.3 cm³/mol. The Bertz CT molecular complexity index is 226. The van der Waals surface area contributed by atoms with Gasteiger partial charge in [0.1, 0.15) is 6.10 Å². The second kappa shape index (κ2) is 10.4. The van der Waals surface area contributed by atoms with E-state index < -0.39 is 0 Å². The van der Waals surface area contributed by atoms with E-state index in [1.165, 1.54) is 44.9 Å². The number of ether oxygens (including phenoxy) is 2. The first-order valence-electron chi connectivity index (χ1n) is 7.60. The quantitative estimate of drug-likeness (QED) is 0.450. The van der Waals surface area contributed by atoms with Crippen LogP contribution in [0.2, 0.25) is 0 Å². The highest BCUT2D eigenvalue weighted by Crippen LogP contribution is 2.18. The molecule has 18 heavy (non-hydrogen) atoms. The van der Waals surface area contributed by atoms with Crippen LogP contribution in [0.5, 0.6) is 0 Å². The van der Waals surface area contributed by atoms with Gasteiger partial charge < -0.3 is 9.47 Å². The van der Waals surface area contributed by atoms with Gasteiger partial charge in [0.2, 0.25) is 0 Å². The molecule has 0 bridgehead atoms. The molecular formula is C16H28O2. The van der Waals surface area contributed by atoms with Crippen LogP contribution >= 0.6 is 0 Å². The van der Waals surface area contributed by atoms with Crippen molar-refractivity contribution in [3.05, 3.63) is 0 Å². The Labute approximate surface area is 112 Å². The fourth-order valence-electron chi connectivity index (χ4n) is 2.30. The molecule has 2 nitrogen and oxygen atoms in total. The van der Waals surface area contributed by atoms with Gasteiger partial charge in [-0.3, -0.25) is 0 Å². The summed E-state index contributed by atoms with van der Waals surface area (Å²) < 4.78 is 11.4. The Morgan fingerprint density at radius 3 is 2.67 bits per heavy atom. The lowest BCUT2D eigenvalue weighted by molar-refractivity contribution is -0.177. The fourth-order valence-corrected chi connectivity index (χ4v) is 2.30. The molecule has 0 amide bonds. The fraction of sp³-hybridized carbons (Fsp3) is 0.875. The molecule has 1 fully saturated rings. The summed E-state index contributed by atoms with van der Waals surface area (Å²) in [4.78, 5) is 0. The van der Waals surface area contributed by atoms with Crippen molar-refractivity contribution in [1.82, 2.24) is 0 Å². The van der Waals surface area contributed by atoms with Gasteiger partial charge in [-0.15, -0.1) is 6.42 Å². The van der Waals surface area contributed by atoms with E-state index in [2.05, 4.69) is 12.8 Å². The van der Waals surface area contributed by atoms with Crippen LogP contribution in [0, 0.1) is 12.3 Å². The van der Waals surface area contributed by atoms with Gasteiger partial charge in [0.05, 0.1) is 0 Å². The van der Waals surface area contributed by atoms with Crippen LogP contribution in [0.4, 0.5) is 0 Å². The number of unbranched alkanes of at least 4 members (excludes halogenated alkanes) is 5. The maximum atomic E-state index is 5.81. The molecule has 0 saturated carbocycles. The van der Waals surface area contributed by atoms with Crippen molar-refractivity contribution < 1.29 is 9.47 Å². The molecule has 0 aromatic carbocycles.